The fourth-order valence-electron chi connectivity index (χ4n) is 1.86. The Morgan fingerprint density at radius 3 is 2.32 bits per heavy atom. The molecule has 1 N–H and O–H groups in total. The molecular weight excluding hydrogens is 244 g/mol. The molecule has 0 aliphatic carbocycles. The van der Waals surface area contributed by atoms with Gasteiger partial charge < -0.3 is 9.84 Å². The average molecular weight is 272 g/mol. The normalized spacial score (nSPS) is 12.4. The van der Waals surface area contributed by atoms with Gasteiger partial charge in [-0.05, 0) is 19.3 Å². The number of ketones is 2. The van der Waals surface area contributed by atoms with E-state index in [1.54, 1.807) is 14.0 Å². The maximum Gasteiger partial charge on any atom is 0.133 e. The molecule has 0 spiro atoms. The highest BCUT2D eigenvalue weighted by Crippen LogP contribution is 2.10. The Balaban J connectivity index is 3.47. The van der Waals surface area contributed by atoms with Crippen LogP contribution >= 0.6 is 0 Å². The second-order valence-corrected chi connectivity index (χ2v) is 4.97. The van der Waals surface area contributed by atoms with Gasteiger partial charge in [-0.3, -0.25) is 9.59 Å². The van der Waals surface area contributed by atoms with E-state index in [2.05, 4.69) is 0 Å². The first-order chi connectivity index (χ1) is 9.10. The largest absolute Gasteiger partial charge is 0.393 e. The predicted octanol–water partition coefficient (Wildman–Crippen LogP) is 2.66. The van der Waals surface area contributed by atoms with Crippen molar-refractivity contribution in [3.8, 4) is 0 Å². The molecule has 0 fully saturated rings. The molecule has 0 saturated carbocycles. The Morgan fingerprint density at radius 1 is 1.00 bits per heavy atom. The molecule has 0 aromatic heterocycles. The van der Waals surface area contributed by atoms with Crippen molar-refractivity contribution in [3.05, 3.63) is 0 Å². The third-order valence-electron chi connectivity index (χ3n) is 3.22. The summed E-state index contributed by atoms with van der Waals surface area (Å²) >= 11 is 0. The minimum absolute atomic E-state index is 0.0835. The number of Topliss-reactive ketones (excluding diaryl/α,β-unsaturated/α-hetero) is 2. The number of methoxy groups -OCH3 is 1. The van der Waals surface area contributed by atoms with Crippen molar-refractivity contribution in [2.24, 2.45) is 0 Å². The van der Waals surface area contributed by atoms with E-state index in [1.165, 1.54) is 0 Å². The zero-order valence-electron chi connectivity index (χ0n) is 12.3. The van der Waals surface area contributed by atoms with E-state index in [4.69, 9.17) is 4.74 Å². The number of aliphatic hydroxyl groups is 1. The van der Waals surface area contributed by atoms with Crippen molar-refractivity contribution in [2.45, 2.75) is 70.8 Å². The zero-order chi connectivity index (χ0) is 14.5. The Morgan fingerprint density at radius 2 is 1.68 bits per heavy atom. The van der Waals surface area contributed by atoms with E-state index < -0.39 is 6.10 Å². The average Bonchev–Trinajstić information content (AvgIpc) is 2.42. The summed E-state index contributed by atoms with van der Waals surface area (Å²) in [4.78, 5) is 22.6. The molecule has 0 aromatic carbocycles. The van der Waals surface area contributed by atoms with Gasteiger partial charge in [-0.15, -0.1) is 0 Å². The second kappa shape index (κ2) is 12.3. The van der Waals surface area contributed by atoms with Crippen LogP contribution in [0.25, 0.3) is 0 Å². The van der Waals surface area contributed by atoms with Gasteiger partial charge in [-0.25, -0.2) is 0 Å². The number of ether oxygens (including phenoxy) is 1. The van der Waals surface area contributed by atoms with Gasteiger partial charge in [-0.1, -0.05) is 19.8 Å². The lowest BCUT2D eigenvalue weighted by atomic mass is 10.0. The van der Waals surface area contributed by atoms with Crippen molar-refractivity contribution in [1.29, 1.82) is 0 Å². The first kappa shape index (κ1) is 18.3. The molecule has 4 nitrogen and oxygen atoms in total. The lowest BCUT2D eigenvalue weighted by molar-refractivity contribution is -0.124. The van der Waals surface area contributed by atoms with Crippen molar-refractivity contribution < 1.29 is 19.4 Å². The smallest absolute Gasteiger partial charge is 0.133 e. The number of hydrogen-bond acceptors (Lipinski definition) is 4. The van der Waals surface area contributed by atoms with Gasteiger partial charge in [0.1, 0.15) is 11.6 Å². The fourth-order valence-corrected chi connectivity index (χ4v) is 1.86. The Kier molecular flexibility index (Phi) is 11.8. The van der Waals surface area contributed by atoms with Crippen LogP contribution in [0, 0.1) is 0 Å². The van der Waals surface area contributed by atoms with Gasteiger partial charge in [0, 0.05) is 39.4 Å². The van der Waals surface area contributed by atoms with Crippen LogP contribution in [-0.4, -0.2) is 36.5 Å². The van der Waals surface area contributed by atoms with Crippen LogP contribution in [0.1, 0.15) is 64.7 Å². The summed E-state index contributed by atoms with van der Waals surface area (Å²) in [5, 5.41) is 9.73. The maximum absolute atomic E-state index is 11.5. The molecule has 0 aliphatic rings. The molecule has 0 aromatic rings. The predicted molar refractivity (Wildman–Crippen MR) is 75.1 cm³/mol. The van der Waals surface area contributed by atoms with Crippen molar-refractivity contribution in [2.75, 3.05) is 13.7 Å². The molecule has 4 heteroatoms. The highest BCUT2D eigenvalue weighted by molar-refractivity contribution is 5.85. The van der Waals surface area contributed by atoms with Gasteiger partial charge in [-0.2, -0.15) is 0 Å². The third kappa shape index (κ3) is 12.1. The summed E-state index contributed by atoms with van der Waals surface area (Å²) < 4.78 is 4.95. The lowest BCUT2D eigenvalue weighted by Crippen LogP contribution is -2.10. The van der Waals surface area contributed by atoms with Crippen LogP contribution < -0.4 is 0 Å². The molecule has 1 atom stereocenters. The molecule has 0 saturated heterocycles. The number of carbonyl (C=O) groups excluding carboxylic acids is 2. The Labute approximate surface area is 116 Å². The summed E-state index contributed by atoms with van der Waals surface area (Å²) in [6.07, 6.45) is 5.45. The zero-order valence-corrected chi connectivity index (χ0v) is 12.3. The number of hydrogen-bond donors (Lipinski definition) is 1. The van der Waals surface area contributed by atoms with E-state index >= 15 is 0 Å². The summed E-state index contributed by atoms with van der Waals surface area (Å²) in [5.41, 5.74) is 0. The van der Waals surface area contributed by atoms with E-state index in [9.17, 15) is 14.7 Å². The topological polar surface area (TPSA) is 63.6 Å². The summed E-state index contributed by atoms with van der Waals surface area (Å²) in [5.74, 6) is 0.215. The summed E-state index contributed by atoms with van der Waals surface area (Å²) in [6, 6.07) is 0. The number of carbonyl (C=O) groups is 2. The quantitative estimate of drug-likeness (QED) is 0.524. The van der Waals surface area contributed by atoms with Crippen LogP contribution in [0.2, 0.25) is 0 Å². The van der Waals surface area contributed by atoms with Crippen LogP contribution in [0.3, 0.4) is 0 Å². The van der Waals surface area contributed by atoms with Gasteiger partial charge >= 0.3 is 0 Å². The molecular formula is C15H28O4. The Bertz CT molecular complexity index is 251. The fraction of sp³-hybridized carbons (Fsp3) is 0.867. The first-order valence-corrected chi connectivity index (χ1v) is 7.30. The van der Waals surface area contributed by atoms with Crippen LogP contribution in [-0.2, 0) is 14.3 Å². The van der Waals surface area contributed by atoms with Crippen molar-refractivity contribution in [1.82, 2.24) is 0 Å². The molecule has 19 heavy (non-hydrogen) atoms. The third-order valence-corrected chi connectivity index (χ3v) is 3.22. The first-order valence-electron chi connectivity index (χ1n) is 7.30. The summed E-state index contributed by atoms with van der Waals surface area (Å²) in [7, 11) is 1.68. The number of rotatable bonds is 13. The van der Waals surface area contributed by atoms with Crippen LogP contribution in [0.15, 0.2) is 0 Å². The van der Waals surface area contributed by atoms with Gasteiger partial charge in [0.15, 0.2) is 0 Å². The molecule has 0 bridgehead atoms. The maximum atomic E-state index is 11.5. The molecule has 112 valence electrons. The Hall–Kier alpha value is -0.740. The molecule has 0 rings (SSSR count). The monoisotopic (exact) mass is 272 g/mol. The van der Waals surface area contributed by atoms with E-state index in [0.29, 0.717) is 32.1 Å². The van der Waals surface area contributed by atoms with E-state index in [-0.39, 0.29) is 11.6 Å². The molecule has 0 aliphatic heterocycles. The minimum atomic E-state index is -0.395. The molecule has 0 amide bonds. The van der Waals surface area contributed by atoms with E-state index in [0.717, 1.165) is 32.3 Å². The van der Waals surface area contributed by atoms with Gasteiger partial charge in [0.05, 0.1) is 6.10 Å². The number of unbranched alkanes of at least 4 members (excludes halogenated alkanes) is 2. The lowest BCUT2D eigenvalue weighted by Gasteiger charge is -2.09. The standard InChI is InChI=1S/C15H28O4/c1-3-13(16)8-9-15(18)11-10-14(17)7-5-4-6-12-19-2/h14,17H,3-12H2,1-2H3. The van der Waals surface area contributed by atoms with Crippen molar-refractivity contribution >= 4 is 11.6 Å². The summed E-state index contributed by atoms with van der Waals surface area (Å²) in [6.45, 7) is 2.57. The minimum Gasteiger partial charge on any atom is -0.393 e. The molecule has 0 radical (unpaired) electrons. The number of aliphatic hydroxyl groups excluding tert-OH is 1. The van der Waals surface area contributed by atoms with Gasteiger partial charge in [0.25, 0.3) is 0 Å². The second-order valence-electron chi connectivity index (χ2n) is 4.97. The van der Waals surface area contributed by atoms with Crippen molar-refractivity contribution in [3.63, 3.8) is 0 Å². The van der Waals surface area contributed by atoms with E-state index in [1.807, 2.05) is 0 Å². The molecule has 1 unspecified atom stereocenters. The highest BCUT2D eigenvalue weighted by Gasteiger charge is 2.09. The molecule has 0 heterocycles. The SMILES string of the molecule is CCC(=O)CCC(=O)CCC(O)CCCCCOC. The van der Waals surface area contributed by atoms with Crippen LogP contribution in [0.4, 0.5) is 0 Å². The van der Waals surface area contributed by atoms with Gasteiger partial charge in [0.2, 0.25) is 0 Å². The highest BCUT2D eigenvalue weighted by atomic mass is 16.5. The van der Waals surface area contributed by atoms with Crippen LogP contribution in [0.5, 0.6) is 0 Å².